The Morgan fingerprint density at radius 3 is 2.95 bits per heavy atom. The number of piperidine rings is 1. The number of aromatic nitrogens is 1. The van der Waals surface area contributed by atoms with Gasteiger partial charge in [-0.25, -0.2) is 9.78 Å². The van der Waals surface area contributed by atoms with Gasteiger partial charge in [-0.3, -0.25) is 0 Å². The van der Waals surface area contributed by atoms with Gasteiger partial charge in [-0.15, -0.1) is 0 Å². The van der Waals surface area contributed by atoms with Crippen molar-refractivity contribution < 1.29 is 9.53 Å². The van der Waals surface area contributed by atoms with Crippen LogP contribution in [0.4, 0.5) is 10.6 Å². The van der Waals surface area contributed by atoms with E-state index in [1.807, 2.05) is 43.9 Å². The van der Waals surface area contributed by atoms with Crippen molar-refractivity contribution in [2.75, 3.05) is 25.0 Å². The summed E-state index contributed by atoms with van der Waals surface area (Å²) < 4.78 is 5.44. The third-order valence-electron chi connectivity index (χ3n) is 3.41. The molecule has 5 heteroatoms. The molecule has 0 spiro atoms. The second kappa shape index (κ2) is 6.78. The highest BCUT2D eigenvalue weighted by Gasteiger charge is 2.27. The van der Waals surface area contributed by atoms with Crippen molar-refractivity contribution in [1.29, 1.82) is 0 Å². The molecule has 21 heavy (non-hydrogen) atoms. The van der Waals surface area contributed by atoms with Gasteiger partial charge in [-0.05, 0) is 51.7 Å². The summed E-state index contributed by atoms with van der Waals surface area (Å²) in [6, 6.07) is 5.81. The number of hydrogen-bond donors (Lipinski definition) is 1. The number of pyridine rings is 1. The van der Waals surface area contributed by atoms with Gasteiger partial charge in [0.2, 0.25) is 0 Å². The molecule has 1 aliphatic heterocycles. The second-order valence-electron chi connectivity index (χ2n) is 6.53. The lowest BCUT2D eigenvalue weighted by molar-refractivity contribution is 0.0172. The van der Waals surface area contributed by atoms with Gasteiger partial charge < -0.3 is 15.0 Å². The third-order valence-corrected chi connectivity index (χ3v) is 3.41. The zero-order valence-corrected chi connectivity index (χ0v) is 13.1. The Morgan fingerprint density at radius 2 is 2.29 bits per heavy atom. The molecule has 0 saturated carbocycles. The molecule has 2 heterocycles. The summed E-state index contributed by atoms with van der Waals surface area (Å²) in [6.07, 6.45) is 3.72. The van der Waals surface area contributed by atoms with E-state index in [1.165, 1.54) is 0 Å². The Bertz CT molecular complexity index is 456. The van der Waals surface area contributed by atoms with Crippen molar-refractivity contribution in [2.45, 2.75) is 39.2 Å². The zero-order valence-electron chi connectivity index (χ0n) is 13.1. The highest BCUT2D eigenvalue weighted by molar-refractivity contribution is 5.68. The van der Waals surface area contributed by atoms with Crippen LogP contribution < -0.4 is 5.32 Å². The summed E-state index contributed by atoms with van der Waals surface area (Å²) in [5.41, 5.74) is -0.434. The van der Waals surface area contributed by atoms with Crippen molar-refractivity contribution in [2.24, 2.45) is 5.92 Å². The maximum Gasteiger partial charge on any atom is 0.410 e. The van der Waals surface area contributed by atoms with Gasteiger partial charge in [0.15, 0.2) is 0 Å². The normalized spacial score (nSPS) is 19.2. The number of rotatable bonds is 3. The first-order valence-corrected chi connectivity index (χ1v) is 7.57. The molecule has 2 rings (SSSR count). The van der Waals surface area contributed by atoms with Crippen LogP contribution in [-0.2, 0) is 4.74 Å². The highest BCUT2D eigenvalue weighted by atomic mass is 16.6. The number of likely N-dealkylation sites (tertiary alicyclic amines) is 1. The van der Waals surface area contributed by atoms with Gasteiger partial charge in [0.1, 0.15) is 11.4 Å². The van der Waals surface area contributed by atoms with Crippen LogP contribution in [0, 0.1) is 5.92 Å². The smallest absolute Gasteiger partial charge is 0.410 e. The van der Waals surface area contributed by atoms with Gasteiger partial charge >= 0.3 is 6.09 Å². The average Bonchev–Trinajstić information content (AvgIpc) is 2.45. The monoisotopic (exact) mass is 291 g/mol. The van der Waals surface area contributed by atoms with Gasteiger partial charge in [0.05, 0.1) is 0 Å². The Morgan fingerprint density at radius 1 is 1.48 bits per heavy atom. The largest absolute Gasteiger partial charge is 0.444 e. The summed E-state index contributed by atoms with van der Waals surface area (Å²) >= 11 is 0. The lowest BCUT2D eigenvalue weighted by Gasteiger charge is -2.34. The van der Waals surface area contributed by atoms with Gasteiger partial charge in [0.25, 0.3) is 0 Å². The van der Waals surface area contributed by atoms with E-state index in [1.54, 1.807) is 6.20 Å². The number of amides is 1. The van der Waals surface area contributed by atoms with Crippen LogP contribution in [0.15, 0.2) is 24.4 Å². The minimum absolute atomic E-state index is 0.204. The highest BCUT2D eigenvalue weighted by Crippen LogP contribution is 2.19. The maximum atomic E-state index is 12.1. The number of nitrogens with one attached hydrogen (secondary N) is 1. The Hall–Kier alpha value is -1.78. The number of carbonyl (C=O) groups is 1. The maximum absolute atomic E-state index is 12.1. The first kappa shape index (κ1) is 15.6. The van der Waals surface area contributed by atoms with Crippen LogP contribution in [0.5, 0.6) is 0 Å². The molecule has 1 N–H and O–H groups in total. The minimum atomic E-state index is -0.434. The van der Waals surface area contributed by atoms with Crippen LogP contribution in [0.2, 0.25) is 0 Å². The topological polar surface area (TPSA) is 54.5 Å². The molecule has 1 aromatic heterocycles. The first-order valence-electron chi connectivity index (χ1n) is 7.57. The van der Waals surface area contributed by atoms with Crippen LogP contribution >= 0.6 is 0 Å². The molecule has 1 unspecified atom stereocenters. The lowest BCUT2D eigenvalue weighted by atomic mass is 9.98. The molecular formula is C16H25N3O2. The number of carbonyl (C=O) groups excluding carboxylic acids is 1. The molecule has 1 fully saturated rings. The quantitative estimate of drug-likeness (QED) is 0.929. The van der Waals surface area contributed by atoms with Crippen molar-refractivity contribution in [3.05, 3.63) is 24.4 Å². The fourth-order valence-corrected chi connectivity index (χ4v) is 2.44. The number of ether oxygens (including phenoxy) is 1. The summed E-state index contributed by atoms with van der Waals surface area (Å²) in [7, 11) is 0. The Balaban J connectivity index is 1.82. The van der Waals surface area contributed by atoms with E-state index in [-0.39, 0.29) is 6.09 Å². The number of nitrogens with zero attached hydrogens (tertiary/aromatic N) is 2. The van der Waals surface area contributed by atoms with Crippen LogP contribution in [0.25, 0.3) is 0 Å². The van der Waals surface area contributed by atoms with Crippen LogP contribution in [-0.4, -0.2) is 41.2 Å². The molecule has 5 nitrogen and oxygen atoms in total. The Labute approximate surface area is 126 Å². The van der Waals surface area contributed by atoms with E-state index < -0.39 is 5.60 Å². The van der Waals surface area contributed by atoms with E-state index >= 15 is 0 Å². The predicted octanol–water partition coefficient (Wildman–Crippen LogP) is 3.14. The van der Waals surface area contributed by atoms with Crippen molar-refractivity contribution in [3.63, 3.8) is 0 Å². The van der Waals surface area contributed by atoms with Gasteiger partial charge in [-0.2, -0.15) is 0 Å². The third kappa shape index (κ3) is 5.25. The number of anilines is 1. The molecule has 0 aromatic carbocycles. The van der Waals surface area contributed by atoms with E-state index in [4.69, 9.17) is 4.74 Å². The summed E-state index contributed by atoms with van der Waals surface area (Å²) in [5.74, 6) is 1.32. The van der Waals surface area contributed by atoms with E-state index in [0.717, 1.165) is 38.3 Å². The summed E-state index contributed by atoms with van der Waals surface area (Å²) in [6.45, 7) is 8.05. The standard InChI is InChI=1S/C16H25N3O2/c1-16(2,3)21-15(20)19-10-6-7-13(12-19)11-18-14-8-4-5-9-17-14/h4-5,8-9,13H,6-7,10-12H2,1-3H3,(H,17,18). The van der Waals surface area contributed by atoms with Gasteiger partial charge in [0, 0.05) is 25.8 Å². The molecule has 1 aliphatic rings. The molecule has 1 aromatic rings. The zero-order chi connectivity index (χ0) is 15.3. The molecule has 1 amide bonds. The van der Waals surface area contributed by atoms with Gasteiger partial charge in [-0.1, -0.05) is 6.07 Å². The summed E-state index contributed by atoms with van der Waals surface area (Å²) in [5, 5.41) is 3.33. The Kier molecular flexibility index (Phi) is 5.04. The number of hydrogen-bond acceptors (Lipinski definition) is 4. The molecular weight excluding hydrogens is 266 g/mol. The fraction of sp³-hybridized carbons (Fsp3) is 0.625. The van der Waals surface area contributed by atoms with Crippen molar-refractivity contribution in [3.8, 4) is 0 Å². The van der Waals surface area contributed by atoms with E-state index in [2.05, 4.69) is 10.3 Å². The molecule has 0 aliphatic carbocycles. The van der Waals surface area contributed by atoms with Crippen LogP contribution in [0.3, 0.4) is 0 Å². The predicted molar refractivity (Wildman–Crippen MR) is 83.3 cm³/mol. The first-order chi connectivity index (χ1) is 9.94. The second-order valence-corrected chi connectivity index (χ2v) is 6.53. The molecule has 1 saturated heterocycles. The van der Waals surface area contributed by atoms with Crippen molar-refractivity contribution in [1.82, 2.24) is 9.88 Å². The minimum Gasteiger partial charge on any atom is -0.444 e. The van der Waals surface area contributed by atoms with E-state index in [0.29, 0.717) is 5.92 Å². The average molecular weight is 291 g/mol. The fourth-order valence-electron chi connectivity index (χ4n) is 2.44. The molecule has 1 atom stereocenters. The molecule has 0 bridgehead atoms. The van der Waals surface area contributed by atoms with Crippen LogP contribution in [0.1, 0.15) is 33.6 Å². The summed E-state index contributed by atoms with van der Waals surface area (Å²) in [4.78, 5) is 18.2. The SMILES string of the molecule is CC(C)(C)OC(=O)N1CCCC(CNc2ccccn2)C1. The molecule has 0 radical (unpaired) electrons. The van der Waals surface area contributed by atoms with E-state index in [9.17, 15) is 4.79 Å². The van der Waals surface area contributed by atoms with Crippen molar-refractivity contribution >= 4 is 11.9 Å². The molecule has 116 valence electrons. The lowest BCUT2D eigenvalue weighted by Crippen LogP contribution is -2.44.